The van der Waals surface area contributed by atoms with Crippen LogP contribution in [0.15, 0.2) is 36.9 Å². The van der Waals surface area contributed by atoms with Gasteiger partial charge in [0.1, 0.15) is 11.5 Å². The predicted molar refractivity (Wildman–Crippen MR) is 92.9 cm³/mol. The third-order valence-electron chi connectivity index (χ3n) is 3.57. The molecule has 1 aromatic carbocycles. The number of carboxylic acids is 1. The molecular formula is C18H20FN3O4. The fraction of sp³-hybridized carbons (Fsp3) is 0.278. The summed E-state index contributed by atoms with van der Waals surface area (Å²) in [4.78, 5) is 23.4. The first kappa shape index (κ1) is 19.3. The fourth-order valence-corrected chi connectivity index (χ4v) is 2.38. The fourth-order valence-electron chi connectivity index (χ4n) is 2.38. The maximum Gasteiger partial charge on any atom is 0.328 e. The Morgan fingerprint density at radius 3 is 2.69 bits per heavy atom. The minimum atomic E-state index is -1.25. The standard InChI is InChI=1S/C18H20FN3O4/c1-4-7-26-10-15(18(24)25)20-17(23)13-5-6-16(14(19)9-13)22-12(3)8-11(2)21-22/h4-6,8-9,15H,1,7,10H2,2-3H3,(H,20,23)(H,24,25). The number of hydrogen-bond donors (Lipinski definition) is 2. The molecule has 1 heterocycles. The molecule has 2 rings (SSSR count). The monoisotopic (exact) mass is 361 g/mol. The summed E-state index contributed by atoms with van der Waals surface area (Å²) in [7, 11) is 0. The van der Waals surface area contributed by atoms with Crippen LogP contribution in [0.5, 0.6) is 0 Å². The van der Waals surface area contributed by atoms with Gasteiger partial charge < -0.3 is 15.2 Å². The molecule has 0 aliphatic carbocycles. The molecule has 8 heteroatoms. The minimum Gasteiger partial charge on any atom is -0.480 e. The van der Waals surface area contributed by atoms with Gasteiger partial charge >= 0.3 is 5.97 Å². The van der Waals surface area contributed by atoms with E-state index in [1.165, 1.54) is 22.9 Å². The van der Waals surface area contributed by atoms with Crippen LogP contribution in [0.4, 0.5) is 4.39 Å². The number of rotatable bonds is 8. The highest BCUT2D eigenvalue weighted by Crippen LogP contribution is 2.17. The lowest BCUT2D eigenvalue weighted by Gasteiger charge is -2.15. The number of carboxylic acid groups (broad SMARTS) is 1. The molecule has 1 amide bonds. The van der Waals surface area contributed by atoms with Gasteiger partial charge in [-0.2, -0.15) is 5.10 Å². The van der Waals surface area contributed by atoms with Crippen molar-refractivity contribution in [2.45, 2.75) is 19.9 Å². The first-order chi connectivity index (χ1) is 12.3. The molecule has 2 N–H and O–H groups in total. The number of aliphatic carboxylic acids is 1. The highest BCUT2D eigenvalue weighted by atomic mass is 19.1. The Labute approximate surface area is 150 Å². The SMILES string of the molecule is C=CCOCC(NC(=O)c1ccc(-n2nc(C)cc2C)c(F)c1)C(=O)O. The van der Waals surface area contributed by atoms with Gasteiger partial charge in [-0.1, -0.05) is 6.08 Å². The summed E-state index contributed by atoms with van der Waals surface area (Å²) in [6.07, 6.45) is 1.47. The van der Waals surface area contributed by atoms with E-state index >= 15 is 0 Å². The van der Waals surface area contributed by atoms with Crippen molar-refractivity contribution in [2.24, 2.45) is 0 Å². The van der Waals surface area contributed by atoms with Crippen LogP contribution in [0.1, 0.15) is 21.7 Å². The Morgan fingerprint density at radius 1 is 1.42 bits per heavy atom. The van der Waals surface area contributed by atoms with Crippen molar-refractivity contribution in [2.75, 3.05) is 13.2 Å². The van der Waals surface area contributed by atoms with Gasteiger partial charge in [-0.05, 0) is 38.1 Å². The van der Waals surface area contributed by atoms with Gasteiger partial charge in [-0.3, -0.25) is 4.79 Å². The van der Waals surface area contributed by atoms with E-state index in [9.17, 15) is 14.0 Å². The third-order valence-corrected chi connectivity index (χ3v) is 3.57. The van der Waals surface area contributed by atoms with Crippen LogP contribution in [-0.2, 0) is 9.53 Å². The molecule has 1 unspecified atom stereocenters. The lowest BCUT2D eigenvalue weighted by Crippen LogP contribution is -2.44. The van der Waals surface area contributed by atoms with E-state index in [-0.39, 0.29) is 24.5 Å². The second-order valence-electron chi connectivity index (χ2n) is 5.70. The Balaban J connectivity index is 2.16. The topological polar surface area (TPSA) is 93.5 Å². The molecule has 1 atom stereocenters. The maximum atomic E-state index is 14.4. The Morgan fingerprint density at radius 2 is 2.15 bits per heavy atom. The maximum absolute atomic E-state index is 14.4. The van der Waals surface area contributed by atoms with Crippen LogP contribution in [0.25, 0.3) is 5.69 Å². The second kappa shape index (κ2) is 8.39. The van der Waals surface area contributed by atoms with Gasteiger partial charge in [-0.15, -0.1) is 6.58 Å². The largest absolute Gasteiger partial charge is 0.480 e. The van der Waals surface area contributed by atoms with Gasteiger partial charge in [0.2, 0.25) is 0 Å². The quantitative estimate of drug-likeness (QED) is 0.554. The predicted octanol–water partition coefficient (Wildman–Crippen LogP) is 2.01. The molecule has 0 saturated heterocycles. The Hall–Kier alpha value is -3.00. The van der Waals surface area contributed by atoms with Crippen LogP contribution < -0.4 is 5.32 Å². The number of nitrogens with one attached hydrogen (secondary N) is 1. The van der Waals surface area contributed by atoms with Gasteiger partial charge in [0.15, 0.2) is 6.04 Å². The molecule has 7 nitrogen and oxygen atoms in total. The summed E-state index contributed by atoms with van der Waals surface area (Å²) < 4.78 is 20.9. The summed E-state index contributed by atoms with van der Waals surface area (Å²) in [6, 6.07) is 4.44. The van der Waals surface area contributed by atoms with Crippen molar-refractivity contribution < 1.29 is 23.8 Å². The van der Waals surface area contributed by atoms with E-state index < -0.39 is 23.7 Å². The molecule has 0 fully saturated rings. The second-order valence-corrected chi connectivity index (χ2v) is 5.70. The van der Waals surface area contributed by atoms with E-state index in [4.69, 9.17) is 9.84 Å². The Kier molecular flexibility index (Phi) is 6.24. The zero-order valence-electron chi connectivity index (χ0n) is 14.5. The summed E-state index contributed by atoms with van der Waals surface area (Å²) in [5.41, 5.74) is 1.70. The summed E-state index contributed by atoms with van der Waals surface area (Å²) in [5, 5.41) is 15.7. The van der Waals surface area contributed by atoms with Gasteiger partial charge in [0.25, 0.3) is 5.91 Å². The van der Waals surface area contributed by atoms with Crippen molar-refractivity contribution in [1.29, 1.82) is 0 Å². The number of nitrogens with zero attached hydrogens (tertiary/aromatic N) is 2. The smallest absolute Gasteiger partial charge is 0.328 e. The molecule has 0 aliphatic heterocycles. The average Bonchev–Trinajstić information content (AvgIpc) is 2.91. The number of benzene rings is 1. The number of aromatic nitrogens is 2. The number of carbonyl (C=O) groups excluding carboxylic acids is 1. The van der Waals surface area contributed by atoms with E-state index in [0.29, 0.717) is 0 Å². The van der Waals surface area contributed by atoms with Crippen LogP contribution in [0.2, 0.25) is 0 Å². The van der Waals surface area contributed by atoms with Crippen molar-refractivity contribution >= 4 is 11.9 Å². The van der Waals surface area contributed by atoms with Gasteiger partial charge in [-0.25, -0.2) is 13.9 Å². The summed E-state index contributed by atoms with van der Waals surface area (Å²) in [6.45, 7) is 6.98. The molecule has 0 saturated carbocycles. The molecule has 0 bridgehead atoms. The summed E-state index contributed by atoms with van der Waals surface area (Å²) in [5.74, 6) is -2.60. The highest BCUT2D eigenvalue weighted by Gasteiger charge is 2.21. The number of hydrogen-bond acceptors (Lipinski definition) is 4. The minimum absolute atomic E-state index is 0.00255. The molecule has 0 aliphatic rings. The highest BCUT2D eigenvalue weighted by molar-refractivity contribution is 5.96. The molecule has 0 spiro atoms. The molecular weight excluding hydrogens is 341 g/mol. The number of amides is 1. The molecule has 2 aromatic rings. The van der Waals surface area contributed by atoms with E-state index in [1.807, 2.05) is 0 Å². The van der Waals surface area contributed by atoms with Crippen LogP contribution in [0.3, 0.4) is 0 Å². The van der Waals surface area contributed by atoms with E-state index in [2.05, 4.69) is 17.0 Å². The molecule has 1 aromatic heterocycles. The number of aryl methyl sites for hydroxylation is 2. The van der Waals surface area contributed by atoms with Crippen molar-refractivity contribution in [3.8, 4) is 5.69 Å². The number of carbonyl (C=O) groups is 2. The lowest BCUT2D eigenvalue weighted by molar-refractivity contribution is -0.140. The van der Waals surface area contributed by atoms with Crippen molar-refractivity contribution in [3.05, 3.63) is 59.7 Å². The lowest BCUT2D eigenvalue weighted by atomic mass is 10.1. The first-order valence-corrected chi connectivity index (χ1v) is 7.89. The number of ether oxygens (including phenoxy) is 1. The average molecular weight is 361 g/mol. The zero-order chi connectivity index (χ0) is 19.3. The normalized spacial score (nSPS) is 11.8. The van der Waals surface area contributed by atoms with Gasteiger partial charge in [0, 0.05) is 11.3 Å². The van der Waals surface area contributed by atoms with Gasteiger partial charge in [0.05, 0.1) is 18.9 Å². The Bertz CT molecular complexity index is 832. The van der Waals surface area contributed by atoms with Crippen LogP contribution in [-0.4, -0.2) is 46.0 Å². The first-order valence-electron chi connectivity index (χ1n) is 7.89. The van der Waals surface area contributed by atoms with Crippen LogP contribution in [0, 0.1) is 19.7 Å². The molecule has 26 heavy (non-hydrogen) atoms. The zero-order valence-corrected chi connectivity index (χ0v) is 14.5. The summed E-state index contributed by atoms with van der Waals surface area (Å²) >= 11 is 0. The van der Waals surface area contributed by atoms with Crippen LogP contribution >= 0.6 is 0 Å². The molecule has 138 valence electrons. The van der Waals surface area contributed by atoms with E-state index in [1.54, 1.807) is 19.9 Å². The van der Waals surface area contributed by atoms with Crippen molar-refractivity contribution in [1.82, 2.24) is 15.1 Å². The molecule has 0 radical (unpaired) electrons. The van der Waals surface area contributed by atoms with E-state index in [0.717, 1.165) is 17.5 Å². The number of halogens is 1. The third kappa shape index (κ3) is 4.54. The van der Waals surface area contributed by atoms with Crippen molar-refractivity contribution in [3.63, 3.8) is 0 Å².